The molecule has 1 fully saturated rings. The smallest absolute Gasteiger partial charge is 0.103 e. The Bertz CT molecular complexity index is 395. The minimum Gasteiger partial charge on any atom is -0.384 e. The van der Waals surface area contributed by atoms with E-state index in [1.54, 1.807) is 0 Å². The van der Waals surface area contributed by atoms with E-state index in [0.29, 0.717) is 5.92 Å². The van der Waals surface area contributed by atoms with E-state index in [-0.39, 0.29) is 5.54 Å². The molecule has 2 atom stereocenters. The molecule has 2 rings (SSSR count). The van der Waals surface area contributed by atoms with Crippen molar-refractivity contribution in [3.05, 3.63) is 35.9 Å². The van der Waals surface area contributed by atoms with E-state index in [2.05, 4.69) is 32.6 Å². The topological polar surface area (TPSA) is 23.5 Å². The Morgan fingerprint density at radius 3 is 2.39 bits per heavy atom. The molecule has 0 bridgehead atoms. The minimum absolute atomic E-state index is 0.109. The lowest BCUT2D eigenvalue weighted by atomic mass is 9.79. The predicted octanol–water partition coefficient (Wildman–Crippen LogP) is 3.01. The van der Waals surface area contributed by atoms with E-state index in [0.717, 1.165) is 25.1 Å². The molecular weight excluding hydrogens is 222 g/mol. The van der Waals surface area contributed by atoms with Gasteiger partial charge in [0.2, 0.25) is 0 Å². The van der Waals surface area contributed by atoms with Gasteiger partial charge in [-0.05, 0) is 38.7 Å². The molecule has 2 unspecified atom stereocenters. The van der Waals surface area contributed by atoms with Crippen LogP contribution in [-0.2, 0) is 5.60 Å². The summed E-state index contributed by atoms with van der Waals surface area (Å²) in [6, 6.07) is 10.1. The molecule has 2 nitrogen and oxygen atoms in total. The number of rotatable bonds is 1. The molecule has 1 heterocycles. The van der Waals surface area contributed by atoms with E-state index in [4.69, 9.17) is 0 Å². The van der Waals surface area contributed by atoms with Crippen molar-refractivity contribution >= 4 is 0 Å². The van der Waals surface area contributed by atoms with Crippen LogP contribution in [-0.4, -0.2) is 28.6 Å². The van der Waals surface area contributed by atoms with Crippen molar-refractivity contribution in [3.63, 3.8) is 0 Å². The average molecular weight is 247 g/mol. The zero-order chi connectivity index (χ0) is 13.4. The number of hydrogen-bond donors (Lipinski definition) is 1. The molecule has 0 spiro atoms. The van der Waals surface area contributed by atoms with Gasteiger partial charge in [0.25, 0.3) is 0 Å². The first-order valence-corrected chi connectivity index (χ1v) is 6.84. The molecule has 1 N–H and O–H groups in total. The van der Waals surface area contributed by atoms with Crippen LogP contribution in [0.1, 0.15) is 39.7 Å². The number of benzene rings is 1. The molecule has 0 aromatic heterocycles. The molecule has 1 saturated heterocycles. The van der Waals surface area contributed by atoms with Gasteiger partial charge in [0.15, 0.2) is 0 Å². The second kappa shape index (κ2) is 4.67. The molecule has 1 aromatic rings. The number of aliphatic hydroxyl groups is 1. The van der Waals surface area contributed by atoms with Gasteiger partial charge in [0.1, 0.15) is 5.60 Å². The lowest BCUT2D eigenvalue weighted by Gasteiger charge is -2.48. The van der Waals surface area contributed by atoms with E-state index in [9.17, 15) is 5.11 Å². The SMILES string of the molecule is CC1CN(C(C)(C)C)CC(O)(c2ccccc2)C1. The molecule has 18 heavy (non-hydrogen) atoms. The Morgan fingerprint density at radius 2 is 1.83 bits per heavy atom. The monoisotopic (exact) mass is 247 g/mol. The third-order valence-corrected chi connectivity index (χ3v) is 3.93. The molecule has 0 saturated carbocycles. The summed E-state index contributed by atoms with van der Waals surface area (Å²) in [6.45, 7) is 10.7. The molecule has 0 aliphatic carbocycles. The minimum atomic E-state index is -0.702. The van der Waals surface area contributed by atoms with E-state index in [1.165, 1.54) is 0 Å². The van der Waals surface area contributed by atoms with Gasteiger partial charge in [-0.15, -0.1) is 0 Å². The highest BCUT2D eigenvalue weighted by atomic mass is 16.3. The lowest BCUT2D eigenvalue weighted by Crippen LogP contribution is -2.55. The van der Waals surface area contributed by atoms with Crippen LogP contribution in [0.4, 0.5) is 0 Å². The van der Waals surface area contributed by atoms with Gasteiger partial charge >= 0.3 is 0 Å². The summed E-state index contributed by atoms with van der Waals surface area (Å²) in [5.74, 6) is 0.517. The number of hydrogen-bond acceptors (Lipinski definition) is 2. The Labute approximate surface area is 111 Å². The quantitative estimate of drug-likeness (QED) is 0.824. The van der Waals surface area contributed by atoms with Gasteiger partial charge in [0.05, 0.1) is 0 Å². The second-order valence-corrected chi connectivity index (χ2v) is 6.76. The highest BCUT2D eigenvalue weighted by Gasteiger charge is 2.41. The molecule has 1 aliphatic heterocycles. The largest absolute Gasteiger partial charge is 0.384 e. The van der Waals surface area contributed by atoms with Crippen LogP contribution in [0, 0.1) is 5.92 Å². The van der Waals surface area contributed by atoms with Crippen molar-refractivity contribution in [2.24, 2.45) is 5.92 Å². The fourth-order valence-corrected chi connectivity index (χ4v) is 2.93. The molecule has 0 radical (unpaired) electrons. The van der Waals surface area contributed by atoms with Crippen LogP contribution < -0.4 is 0 Å². The second-order valence-electron chi connectivity index (χ2n) is 6.76. The summed E-state index contributed by atoms with van der Waals surface area (Å²) in [7, 11) is 0. The Morgan fingerprint density at radius 1 is 1.22 bits per heavy atom. The summed E-state index contributed by atoms with van der Waals surface area (Å²) >= 11 is 0. The first-order valence-electron chi connectivity index (χ1n) is 6.84. The zero-order valence-electron chi connectivity index (χ0n) is 12.0. The van der Waals surface area contributed by atoms with Gasteiger partial charge in [-0.25, -0.2) is 0 Å². The maximum absolute atomic E-state index is 11.0. The Kier molecular flexibility index (Phi) is 3.52. The van der Waals surface area contributed by atoms with Gasteiger partial charge in [-0.2, -0.15) is 0 Å². The average Bonchev–Trinajstić information content (AvgIpc) is 2.28. The molecule has 2 heteroatoms. The van der Waals surface area contributed by atoms with Crippen molar-refractivity contribution < 1.29 is 5.11 Å². The number of piperidine rings is 1. The number of β-amino-alcohol motifs (C(OH)–C–C–N with tert-alkyl or cyclic N) is 1. The van der Waals surface area contributed by atoms with Gasteiger partial charge in [-0.3, -0.25) is 4.90 Å². The summed E-state index contributed by atoms with van der Waals surface area (Å²) in [5.41, 5.74) is 0.453. The van der Waals surface area contributed by atoms with Crippen molar-refractivity contribution in [1.82, 2.24) is 4.90 Å². The zero-order valence-corrected chi connectivity index (χ0v) is 12.0. The van der Waals surface area contributed by atoms with Crippen LogP contribution in [0.5, 0.6) is 0 Å². The van der Waals surface area contributed by atoms with Gasteiger partial charge in [0, 0.05) is 18.6 Å². The predicted molar refractivity (Wildman–Crippen MR) is 75.4 cm³/mol. The summed E-state index contributed by atoms with van der Waals surface area (Å²) in [4.78, 5) is 2.40. The molecule has 0 amide bonds. The number of nitrogens with zero attached hydrogens (tertiary/aromatic N) is 1. The molecule has 1 aliphatic rings. The van der Waals surface area contributed by atoms with Crippen molar-refractivity contribution in [2.45, 2.75) is 45.3 Å². The Balaban J connectivity index is 2.28. The first kappa shape index (κ1) is 13.6. The maximum Gasteiger partial charge on any atom is 0.103 e. The van der Waals surface area contributed by atoms with E-state index >= 15 is 0 Å². The highest BCUT2D eigenvalue weighted by molar-refractivity contribution is 5.24. The van der Waals surface area contributed by atoms with Crippen LogP contribution in [0.3, 0.4) is 0 Å². The lowest BCUT2D eigenvalue weighted by molar-refractivity contribution is -0.0805. The Hall–Kier alpha value is -0.860. The fourth-order valence-electron chi connectivity index (χ4n) is 2.93. The van der Waals surface area contributed by atoms with Crippen LogP contribution >= 0.6 is 0 Å². The van der Waals surface area contributed by atoms with E-state index in [1.807, 2.05) is 30.3 Å². The fraction of sp³-hybridized carbons (Fsp3) is 0.625. The summed E-state index contributed by atoms with van der Waals surface area (Å²) in [6.07, 6.45) is 0.851. The van der Waals surface area contributed by atoms with Crippen LogP contribution in [0.15, 0.2) is 30.3 Å². The first-order chi connectivity index (χ1) is 8.31. The standard InChI is InChI=1S/C16H25NO/c1-13-10-16(18,14-8-6-5-7-9-14)12-17(11-13)15(2,3)4/h5-9,13,18H,10-12H2,1-4H3. The van der Waals surface area contributed by atoms with Crippen molar-refractivity contribution in [1.29, 1.82) is 0 Å². The van der Waals surface area contributed by atoms with Crippen molar-refractivity contribution in [2.75, 3.05) is 13.1 Å². The molecular formula is C16H25NO. The number of likely N-dealkylation sites (tertiary alicyclic amines) is 1. The van der Waals surface area contributed by atoms with Crippen LogP contribution in [0.2, 0.25) is 0 Å². The van der Waals surface area contributed by atoms with E-state index < -0.39 is 5.60 Å². The maximum atomic E-state index is 11.0. The normalized spacial score (nSPS) is 30.4. The van der Waals surface area contributed by atoms with Gasteiger partial charge in [-0.1, -0.05) is 37.3 Å². The van der Waals surface area contributed by atoms with Crippen molar-refractivity contribution in [3.8, 4) is 0 Å². The summed E-state index contributed by atoms with van der Waals surface area (Å²) in [5, 5.41) is 11.0. The summed E-state index contributed by atoms with van der Waals surface area (Å²) < 4.78 is 0. The highest BCUT2D eigenvalue weighted by Crippen LogP contribution is 2.36. The molecule has 1 aromatic carbocycles. The van der Waals surface area contributed by atoms with Crippen LogP contribution in [0.25, 0.3) is 0 Å². The molecule has 100 valence electrons. The third kappa shape index (κ3) is 2.76. The van der Waals surface area contributed by atoms with Gasteiger partial charge < -0.3 is 5.11 Å². The third-order valence-electron chi connectivity index (χ3n) is 3.93.